The molecule has 1 saturated heterocycles. The average Bonchev–Trinajstić information content (AvgIpc) is 2.17. The van der Waals surface area contributed by atoms with E-state index >= 15 is 0 Å². The molecule has 0 aliphatic carbocycles. The van der Waals surface area contributed by atoms with Crippen LogP contribution in [0.1, 0.15) is 26.2 Å². The Morgan fingerprint density at radius 2 is 2.08 bits per heavy atom. The minimum Gasteiger partial charge on any atom is -0.343 e. The third kappa shape index (κ3) is 2.41. The monoisotopic (exact) mass is 187 g/mol. The van der Waals surface area contributed by atoms with Gasteiger partial charge in [-0.15, -0.1) is 0 Å². The summed E-state index contributed by atoms with van der Waals surface area (Å²) >= 11 is 1.93. The number of amides is 1. The topological polar surface area (TPSA) is 20.3 Å². The van der Waals surface area contributed by atoms with Gasteiger partial charge >= 0.3 is 0 Å². The molecular weight excluding hydrogens is 170 g/mol. The van der Waals surface area contributed by atoms with E-state index in [0.29, 0.717) is 12.3 Å². The minimum absolute atomic E-state index is 0.314. The van der Waals surface area contributed by atoms with Crippen molar-refractivity contribution >= 4 is 17.7 Å². The highest BCUT2D eigenvalue weighted by Gasteiger charge is 2.20. The van der Waals surface area contributed by atoms with Gasteiger partial charge in [0.15, 0.2) is 0 Å². The summed E-state index contributed by atoms with van der Waals surface area (Å²) in [5, 5.41) is 0.783. The van der Waals surface area contributed by atoms with Gasteiger partial charge in [0.1, 0.15) is 0 Å². The zero-order valence-corrected chi connectivity index (χ0v) is 8.69. The molecule has 1 heterocycles. The number of rotatable bonds is 2. The second-order valence-corrected chi connectivity index (χ2v) is 4.31. The number of carbonyl (C=O) groups excluding carboxylic acids is 1. The molecule has 0 spiro atoms. The third-order valence-corrected chi connectivity index (χ3v) is 3.57. The number of carbonyl (C=O) groups is 1. The maximum absolute atomic E-state index is 11.3. The second kappa shape index (κ2) is 4.75. The molecule has 2 nitrogen and oxygen atoms in total. The molecular formula is C9H17NOS. The molecule has 0 unspecified atom stereocenters. The summed E-state index contributed by atoms with van der Waals surface area (Å²) in [4.78, 5) is 13.3. The van der Waals surface area contributed by atoms with Gasteiger partial charge in [0.2, 0.25) is 5.91 Å². The van der Waals surface area contributed by atoms with Gasteiger partial charge in [-0.05, 0) is 19.1 Å². The van der Waals surface area contributed by atoms with E-state index < -0.39 is 0 Å². The molecule has 0 saturated carbocycles. The summed E-state index contributed by atoms with van der Waals surface area (Å²) in [6, 6.07) is 0. The average molecular weight is 187 g/mol. The van der Waals surface area contributed by atoms with Gasteiger partial charge in [0.25, 0.3) is 0 Å². The standard InChI is InChI=1S/C9H17NOS/c1-3-9(11)10-6-4-8(12-2)5-7-10/h8H,3-7H2,1-2H3. The molecule has 1 rings (SSSR count). The van der Waals surface area contributed by atoms with Crippen LogP contribution in [0.2, 0.25) is 0 Å². The van der Waals surface area contributed by atoms with Crippen molar-refractivity contribution in [3.63, 3.8) is 0 Å². The quantitative estimate of drug-likeness (QED) is 0.656. The molecule has 0 N–H and O–H groups in total. The first-order chi connectivity index (χ1) is 5.77. The van der Waals surface area contributed by atoms with E-state index in [1.54, 1.807) is 0 Å². The maximum Gasteiger partial charge on any atom is 0.222 e. The highest BCUT2D eigenvalue weighted by Crippen LogP contribution is 2.20. The van der Waals surface area contributed by atoms with Crippen LogP contribution >= 0.6 is 11.8 Å². The lowest BCUT2D eigenvalue weighted by Crippen LogP contribution is -2.38. The Balaban J connectivity index is 2.30. The van der Waals surface area contributed by atoms with Gasteiger partial charge in [-0.25, -0.2) is 0 Å². The molecule has 1 amide bonds. The molecule has 70 valence electrons. The maximum atomic E-state index is 11.3. The number of thioether (sulfide) groups is 1. The van der Waals surface area contributed by atoms with Crippen LogP contribution in [0.4, 0.5) is 0 Å². The molecule has 3 heteroatoms. The summed E-state index contributed by atoms with van der Waals surface area (Å²) in [5.41, 5.74) is 0. The van der Waals surface area contributed by atoms with Crippen LogP contribution in [0, 0.1) is 0 Å². The molecule has 1 fully saturated rings. The summed E-state index contributed by atoms with van der Waals surface area (Å²) < 4.78 is 0. The lowest BCUT2D eigenvalue weighted by molar-refractivity contribution is -0.131. The molecule has 1 aliphatic rings. The van der Waals surface area contributed by atoms with E-state index in [1.165, 1.54) is 12.8 Å². The van der Waals surface area contributed by atoms with Crippen LogP contribution in [0.3, 0.4) is 0 Å². The summed E-state index contributed by atoms with van der Waals surface area (Å²) in [5.74, 6) is 0.314. The van der Waals surface area contributed by atoms with Crippen molar-refractivity contribution in [2.24, 2.45) is 0 Å². The van der Waals surface area contributed by atoms with E-state index in [1.807, 2.05) is 23.6 Å². The number of hydrogen-bond acceptors (Lipinski definition) is 2. The third-order valence-electron chi connectivity index (χ3n) is 2.43. The van der Waals surface area contributed by atoms with Crippen molar-refractivity contribution in [2.75, 3.05) is 19.3 Å². The Morgan fingerprint density at radius 3 is 2.50 bits per heavy atom. The van der Waals surface area contributed by atoms with E-state index in [2.05, 4.69) is 6.26 Å². The van der Waals surface area contributed by atoms with Crippen LogP contribution < -0.4 is 0 Å². The summed E-state index contributed by atoms with van der Waals surface area (Å²) in [7, 11) is 0. The Hall–Kier alpha value is -0.180. The molecule has 0 radical (unpaired) electrons. The van der Waals surface area contributed by atoms with Gasteiger partial charge in [-0.1, -0.05) is 6.92 Å². The van der Waals surface area contributed by atoms with Crippen LogP contribution in [-0.2, 0) is 4.79 Å². The van der Waals surface area contributed by atoms with Crippen molar-refractivity contribution in [1.82, 2.24) is 4.90 Å². The molecule has 0 bridgehead atoms. The molecule has 0 aromatic rings. The second-order valence-electron chi connectivity index (χ2n) is 3.17. The van der Waals surface area contributed by atoms with E-state index in [-0.39, 0.29) is 0 Å². The van der Waals surface area contributed by atoms with Crippen molar-refractivity contribution in [3.05, 3.63) is 0 Å². The van der Waals surface area contributed by atoms with Crippen LogP contribution in [0.25, 0.3) is 0 Å². The van der Waals surface area contributed by atoms with E-state index in [0.717, 1.165) is 18.3 Å². The van der Waals surface area contributed by atoms with Crippen molar-refractivity contribution in [3.8, 4) is 0 Å². The smallest absolute Gasteiger partial charge is 0.222 e. The van der Waals surface area contributed by atoms with Gasteiger partial charge < -0.3 is 4.90 Å². The van der Waals surface area contributed by atoms with Gasteiger partial charge in [0, 0.05) is 24.8 Å². The number of piperidine rings is 1. The van der Waals surface area contributed by atoms with Crippen LogP contribution in [0.5, 0.6) is 0 Å². The Morgan fingerprint density at radius 1 is 1.50 bits per heavy atom. The largest absolute Gasteiger partial charge is 0.343 e. The zero-order chi connectivity index (χ0) is 8.97. The first kappa shape index (κ1) is 9.90. The fourth-order valence-corrected chi connectivity index (χ4v) is 2.25. The fourth-order valence-electron chi connectivity index (χ4n) is 1.56. The van der Waals surface area contributed by atoms with Crippen molar-refractivity contribution < 1.29 is 4.79 Å². The Bertz CT molecular complexity index is 153. The molecule has 12 heavy (non-hydrogen) atoms. The SMILES string of the molecule is CCC(=O)N1CCC(SC)CC1. The highest BCUT2D eigenvalue weighted by atomic mass is 32.2. The van der Waals surface area contributed by atoms with E-state index in [4.69, 9.17) is 0 Å². The first-order valence-corrected chi connectivity index (χ1v) is 5.87. The lowest BCUT2D eigenvalue weighted by atomic mass is 10.1. The van der Waals surface area contributed by atoms with Crippen LogP contribution in [-0.4, -0.2) is 35.4 Å². The molecule has 0 aromatic carbocycles. The number of likely N-dealkylation sites (tertiary alicyclic amines) is 1. The molecule has 0 atom stereocenters. The predicted molar refractivity (Wildman–Crippen MR) is 53.4 cm³/mol. The zero-order valence-electron chi connectivity index (χ0n) is 7.88. The summed E-state index contributed by atoms with van der Waals surface area (Å²) in [6.45, 7) is 3.87. The Kier molecular flexibility index (Phi) is 3.92. The number of hydrogen-bond donors (Lipinski definition) is 0. The molecule has 1 aliphatic heterocycles. The highest BCUT2D eigenvalue weighted by molar-refractivity contribution is 7.99. The van der Waals surface area contributed by atoms with Crippen LogP contribution in [0.15, 0.2) is 0 Å². The van der Waals surface area contributed by atoms with Gasteiger partial charge in [-0.2, -0.15) is 11.8 Å². The fraction of sp³-hybridized carbons (Fsp3) is 0.889. The van der Waals surface area contributed by atoms with Gasteiger partial charge in [0.05, 0.1) is 0 Å². The minimum atomic E-state index is 0.314. The molecule has 0 aromatic heterocycles. The van der Waals surface area contributed by atoms with Crippen molar-refractivity contribution in [1.29, 1.82) is 0 Å². The predicted octanol–water partition coefficient (Wildman–Crippen LogP) is 1.75. The summed E-state index contributed by atoms with van der Waals surface area (Å²) in [6.07, 6.45) is 5.16. The first-order valence-electron chi connectivity index (χ1n) is 4.58. The van der Waals surface area contributed by atoms with Crippen molar-refractivity contribution in [2.45, 2.75) is 31.4 Å². The number of nitrogens with zero attached hydrogens (tertiary/aromatic N) is 1. The normalized spacial score (nSPS) is 19.7. The van der Waals surface area contributed by atoms with Gasteiger partial charge in [-0.3, -0.25) is 4.79 Å². The van der Waals surface area contributed by atoms with E-state index in [9.17, 15) is 4.79 Å². The Labute approximate surface area is 78.7 Å². The lowest BCUT2D eigenvalue weighted by Gasteiger charge is -2.30.